The Balaban J connectivity index is 1.58. The highest BCUT2D eigenvalue weighted by molar-refractivity contribution is 5.81. The molecule has 2 fully saturated rings. The van der Waals surface area contributed by atoms with Gasteiger partial charge in [-0.25, -0.2) is 0 Å². The van der Waals surface area contributed by atoms with Gasteiger partial charge < -0.3 is 15.2 Å². The number of piperidine rings is 1. The Kier molecular flexibility index (Phi) is 5.93. The lowest BCUT2D eigenvalue weighted by atomic mass is 9.88. The third-order valence-electron chi connectivity index (χ3n) is 4.96. The number of carboxylic acids is 1. The van der Waals surface area contributed by atoms with E-state index in [2.05, 4.69) is 10.2 Å². The predicted molar refractivity (Wildman–Crippen MR) is 98.9 cm³/mol. The summed E-state index contributed by atoms with van der Waals surface area (Å²) in [5.74, 6) is -0.749. The van der Waals surface area contributed by atoms with Crippen molar-refractivity contribution in [2.24, 2.45) is 11.8 Å². The molecule has 140 valence electrons. The van der Waals surface area contributed by atoms with Gasteiger partial charge in [-0.1, -0.05) is 24.3 Å². The fraction of sp³-hybridized carbons (Fsp3) is 0.500. The maximum atomic E-state index is 12.4. The van der Waals surface area contributed by atoms with Crippen molar-refractivity contribution < 1.29 is 19.4 Å². The molecule has 1 aromatic rings. The fourth-order valence-electron chi connectivity index (χ4n) is 3.31. The average molecular weight is 358 g/mol. The van der Waals surface area contributed by atoms with E-state index in [0.717, 1.165) is 24.2 Å². The Hall–Kier alpha value is -2.34. The molecule has 26 heavy (non-hydrogen) atoms. The second-order valence-corrected chi connectivity index (χ2v) is 7.14. The standard InChI is InChI=1S/C20H26N2O4/c1-26-18-8-4-14(5-9-18)3-2-10-22-12-15(11-16(13-22)20(24)25)19(23)21-17-6-7-17/h2-5,8-9,15-17H,6-7,10-13H2,1H3,(H,21,23)(H,24,25)/b3-2+/t15-,16+/m1/s1. The summed E-state index contributed by atoms with van der Waals surface area (Å²) in [4.78, 5) is 25.9. The van der Waals surface area contributed by atoms with Crippen molar-refractivity contribution >= 4 is 18.0 Å². The zero-order valence-electron chi connectivity index (χ0n) is 15.1. The van der Waals surface area contributed by atoms with Gasteiger partial charge in [-0.05, 0) is 37.0 Å². The number of carboxylic acid groups (broad SMARTS) is 1. The van der Waals surface area contributed by atoms with Crippen LogP contribution in [0.25, 0.3) is 6.08 Å². The van der Waals surface area contributed by atoms with Crippen LogP contribution in [0.1, 0.15) is 24.8 Å². The van der Waals surface area contributed by atoms with E-state index in [1.165, 1.54) is 0 Å². The molecular formula is C20H26N2O4. The first kappa shape index (κ1) is 18.5. The Labute approximate surface area is 153 Å². The van der Waals surface area contributed by atoms with Crippen LogP contribution in [0.4, 0.5) is 0 Å². The molecule has 1 heterocycles. The summed E-state index contributed by atoms with van der Waals surface area (Å²) in [5.41, 5.74) is 1.06. The number of amides is 1. The molecule has 1 saturated heterocycles. The highest BCUT2D eigenvalue weighted by Crippen LogP contribution is 2.25. The summed E-state index contributed by atoms with van der Waals surface area (Å²) < 4.78 is 5.14. The maximum absolute atomic E-state index is 12.4. The zero-order valence-corrected chi connectivity index (χ0v) is 15.1. The molecule has 1 saturated carbocycles. The van der Waals surface area contributed by atoms with Crippen LogP contribution in [0, 0.1) is 11.8 Å². The number of hydrogen-bond acceptors (Lipinski definition) is 4. The van der Waals surface area contributed by atoms with Crippen molar-refractivity contribution in [1.29, 1.82) is 0 Å². The summed E-state index contributed by atoms with van der Waals surface area (Å²) in [6, 6.07) is 8.05. The lowest BCUT2D eigenvalue weighted by Gasteiger charge is -2.34. The normalized spacial score (nSPS) is 23.7. The number of carbonyl (C=O) groups excluding carboxylic acids is 1. The predicted octanol–water partition coefficient (Wildman–Crippen LogP) is 2.01. The topological polar surface area (TPSA) is 78.9 Å². The lowest BCUT2D eigenvalue weighted by molar-refractivity contribution is -0.145. The summed E-state index contributed by atoms with van der Waals surface area (Å²) in [6.45, 7) is 1.72. The third-order valence-corrected chi connectivity index (χ3v) is 4.96. The van der Waals surface area contributed by atoms with Crippen molar-refractivity contribution in [3.05, 3.63) is 35.9 Å². The number of likely N-dealkylation sites (tertiary alicyclic amines) is 1. The Morgan fingerprint density at radius 1 is 1.23 bits per heavy atom. The number of methoxy groups -OCH3 is 1. The molecule has 3 rings (SSSR count). The van der Waals surface area contributed by atoms with Crippen LogP contribution < -0.4 is 10.1 Å². The number of nitrogens with one attached hydrogen (secondary N) is 1. The maximum Gasteiger partial charge on any atom is 0.307 e. The second-order valence-electron chi connectivity index (χ2n) is 7.14. The molecule has 2 N–H and O–H groups in total. The van der Waals surface area contributed by atoms with Gasteiger partial charge in [0.15, 0.2) is 0 Å². The molecule has 0 radical (unpaired) electrons. The molecule has 2 atom stereocenters. The van der Waals surface area contributed by atoms with Crippen LogP contribution in [-0.4, -0.2) is 54.7 Å². The van der Waals surface area contributed by atoms with E-state index in [-0.39, 0.29) is 11.8 Å². The van der Waals surface area contributed by atoms with Crippen LogP contribution >= 0.6 is 0 Å². The Morgan fingerprint density at radius 2 is 1.92 bits per heavy atom. The minimum atomic E-state index is -0.821. The molecular weight excluding hydrogens is 332 g/mol. The van der Waals surface area contributed by atoms with Crippen LogP contribution in [0.5, 0.6) is 5.75 Å². The smallest absolute Gasteiger partial charge is 0.307 e. The number of aliphatic carboxylic acids is 1. The highest BCUT2D eigenvalue weighted by Gasteiger charge is 2.36. The van der Waals surface area contributed by atoms with Gasteiger partial charge in [0.25, 0.3) is 0 Å². The first-order valence-corrected chi connectivity index (χ1v) is 9.11. The first-order valence-electron chi connectivity index (χ1n) is 9.11. The van der Waals surface area contributed by atoms with Crippen LogP contribution in [0.2, 0.25) is 0 Å². The van der Waals surface area contributed by atoms with E-state index in [9.17, 15) is 14.7 Å². The molecule has 1 aliphatic heterocycles. The lowest BCUT2D eigenvalue weighted by Crippen LogP contribution is -2.48. The van der Waals surface area contributed by atoms with Gasteiger partial charge in [0.2, 0.25) is 5.91 Å². The molecule has 0 aromatic heterocycles. The second kappa shape index (κ2) is 8.36. The largest absolute Gasteiger partial charge is 0.497 e. The summed E-state index contributed by atoms with van der Waals surface area (Å²) in [7, 11) is 1.63. The minimum Gasteiger partial charge on any atom is -0.497 e. The van der Waals surface area contributed by atoms with Gasteiger partial charge in [-0.15, -0.1) is 0 Å². The minimum absolute atomic E-state index is 0.00239. The summed E-state index contributed by atoms with van der Waals surface area (Å²) in [6.07, 6.45) is 6.52. The molecule has 1 amide bonds. The van der Waals surface area contributed by atoms with Crippen LogP contribution in [0.3, 0.4) is 0 Å². The van der Waals surface area contributed by atoms with Gasteiger partial charge in [-0.3, -0.25) is 14.5 Å². The number of ether oxygens (including phenoxy) is 1. The zero-order chi connectivity index (χ0) is 18.5. The molecule has 6 heteroatoms. The van der Waals surface area contributed by atoms with E-state index in [1.54, 1.807) is 7.11 Å². The number of rotatable bonds is 7. The number of nitrogens with zero attached hydrogens (tertiary/aromatic N) is 1. The van der Waals surface area contributed by atoms with E-state index < -0.39 is 11.9 Å². The number of hydrogen-bond donors (Lipinski definition) is 2. The number of carbonyl (C=O) groups is 2. The fourth-order valence-corrected chi connectivity index (χ4v) is 3.31. The number of benzene rings is 1. The van der Waals surface area contributed by atoms with E-state index in [0.29, 0.717) is 32.1 Å². The van der Waals surface area contributed by atoms with E-state index in [1.807, 2.05) is 36.4 Å². The summed E-state index contributed by atoms with van der Waals surface area (Å²) in [5, 5.41) is 12.4. The monoisotopic (exact) mass is 358 g/mol. The SMILES string of the molecule is COc1ccc(/C=C/CN2C[C@@H](C(=O)O)C[C@@H](C(=O)NC3CC3)C2)cc1. The van der Waals surface area contributed by atoms with Crippen molar-refractivity contribution in [2.45, 2.75) is 25.3 Å². The van der Waals surface area contributed by atoms with Crippen molar-refractivity contribution in [3.8, 4) is 5.75 Å². The van der Waals surface area contributed by atoms with Gasteiger partial charge in [0.1, 0.15) is 5.75 Å². The molecule has 2 aliphatic rings. The van der Waals surface area contributed by atoms with Crippen molar-refractivity contribution in [3.63, 3.8) is 0 Å². The van der Waals surface area contributed by atoms with Crippen molar-refractivity contribution in [2.75, 3.05) is 26.7 Å². The Morgan fingerprint density at radius 3 is 2.54 bits per heavy atom. The van der Waals surface area contributed by atoms with Gasteiger partial charge in [-0.2, -0.15) is 0 Å². The van der Waals surface area contributed by atoms with Crippen LogP contribution in [-0.2, 0) is 9.59 Å². The van der Waals surface area contributed by atoms with E-state index >= 15 is 0 Å². The summed E-state index contributed by atoms with van der Waals surface area (Å²) >= 11 is 0. The quantitative estimate of drug-likeness (QED) is 0.779. The third kappa shape index (κ3) is 5.08. The molecule has 1 aliphatic carbocycles. The Bertz CT molecular complexity index is 667. The molecule has 6 nitrogen and oxygen atoms in total. The molecule has 1 aromatic carbocycles. The van der Waals surface area contributed by atoms with Gasteiger partial charge in [0, 0.05) is 25.7 Å². The average Bonchev–Trinajstić information content (AvgIpc) is 3.46. The molecule has 0 spiro atoms. The molecule has 0 unspecified atom stereocenters. The van der Waals surface area contributed by atoms with Crippen LogP contribution in [0.15, 0.2) is 30.3 Å². The highest BCUT2D eigenvalue weighted by atomic mass is 16.5. The van der Waals surface area contributed by atoms with E-state index in [4.69, 9.17) is 4.74 Å². The van der Waals surface area contributed by atoms with Crippen molar-refractivity contribution in [1.82, 2.24) is 10.2 Å². The van der Waals surface area contributed by atoms with Gasteiger partial charge >= 0.3 is 5.97 Å². The molecule has 0 bridgehead atoms. The van der Waals surface area contributed by atoms with Gasteiger partial charge in [0.05, 0.1) is 18.9 Å². The first-order chi connectivity index (χ1) is 12.5.